The van der Waals surface area contributed by atoms with Crippen molar-refractivity contribution in [2.45, 2.75) is 52.2 Å². The zero-order chi connectivity index (χ0) is 22.3. The smallest absolute Gasteiger partial charge is 0.226 e. The van der Waals surface area contributed by atoms with Gasteiger partial charge in [0.1, 0.15) is 0 Å². The first kappa shape index (κ1) is 22.2. The summed E-state index contributed by atoms with van der Waals surface area (Å²) >= 11 is 0. The van der Waals surface area contributed by atoms with Gasteiger partial charge >= 0.3 is 0 Å². The van der Waals surface area contributed by atoms with E-state index in [9.17, 15) is 4.79 Å². The Morgan fingerprint density at radius 1 is 0.875 bits per heavy atom. The predicted octanol–water partition coefficient (Wildman–Crippen LogP) is 4.33. The van der Waals surface area contributed by atoms with E-state index in [1.165, 1.54) is 11.1 Å². The first-order valence-electron chi connectivity index (χ1n) is 11.5. The maximum atomic E-state index is 12.8. The van der Waals surface area contributed by atoms with Crippen molar-refractivity contribution in [2.75, 3.05) is 13.1 Å². The van der Waals surface area contributed by atoms with E-state index in [1.807, 2.05) is 59.8 Å². The molecule has 166 valence electrons. The third-order valence-electron chi connectivity index (χ3n) is 6.47. The molecule has 0 spiro atoms. The molecule has 1 aliphatic rings. The highest BCUT2D eigenvalue weighted by Crippen LogP contribution is 2.23. The molecule has 1 aromatic carbocycles. The summed E-state index contributed by atoms with van der Waals surface area (Å²) in [5.41, 5.74) is 5.74. The quantitative estimate of drug-likeness (QED) is 0.562. The molecular weight excluding hydrogens is 396 g/mol. The number of nitrogens with zero attached hydrogens (tertiary/aromatic N) is 4. The summed E-state index contributed by atoms with van der Waals surface area (Å²) in [6.07, 6.45) is 6.17. The number of aromatic nitrogens is 2. The Bertz CT molecular complexity index is 981. The zero-order valence-corrected chi connectivity index (χ0v) is 19.1. The van der Waals surface area contributed by atoms with Crippen LogP contribution in [0, 0.1) is 13.8 Å². The van der Waals surface area contributed by atoms with Crippen LogP contribution in [0.15, 0.2) is 67.0 Å². The largest absolute Gasteiger partial charge is 0.342 e. The monoisotopic (exact) mass is 428 g/mol. The van der Waals surface area contributed by atoms with Gasteiger partial charge in [-0.15, -0.1) is 0 Å². The molecule has 0 atom stereocenters. The Labute approximate surface area is 191 Å². The van der Waals surface area contributed by atoms with Crippen LogP contribution in [0.2, 0.25) is 0 Å². The van der Waals surface area contributed by atoms with Crippen LogP contribution in [0.5, 0.6) is 0 Å². The van der Waals surface area contributed by atoms with Crippen molar-refractivity contribution in [3.63, 3.8) is 0 Å². The van der Waals surface area contributed by atoms with E-state index in [0.29, 0.717) is 12.5 Å². The molecular formula is C27H32N4O. The lowest BCUT2D eigenvalue weighted by Crippen LogP contribution is -2.47. The topological polar surface area (TPSA) is 49.3 Å². The highest BCUT2D eigenvalue weighted by molar-refractivity contribution is 5.78. The highest BCUT2D eigenvalue weighted by Gasteiger charge is 2.28. The maximum Gasteiger partial charge on any atom is 0.226 e. The Balaban J connectivity index is 1.44. The average molecular weight is 429 g/mol. The van der Waals surface area contributed by atoms with Gasteiger partial charge < -0.3 is 4.90 Å². The molecule has 1 fully saturated rings. The van der Waals surface area contributed by atoms with Crippen molar-refractivity contribution in [3.05, 3.63) is 95.1 Å². The lowest BCUT2D eigenvalue weighted by molar-refractivity contribution is -0.132. The van der Waals surface area contributed by atoms with Crippen LogP contribution in [-0.2, 0) is 24.3 Å². The van der Waals surface area contributed by atoms with Crippen LogP contribution >= 0.6 is 0 Å². The molecule has 0 unspecified atom stereocenters. The van der Waals surface area contributed by atoms with E-state index in [4.69, 9.17) is 0 Å². The number of pyridine rings is 2. The molecule has 32 heavy (non-hydrogen) atoms. The summed E-state index contributed by atoms with van der Waals surface area (Å²) in [5.74, 6) is 0.224. The molecule has 0 bridgehead atoms. The van der Waals surface area contributed by atoms with Crippen LogP contribution in [0.3, 0.4) is 0 Å². The van der Waals surface area contributed by atoms with Gasteiger partial charge in [-0.3, -0.25) is 19.7 Å². The van der Waals surface area contributed by atoms with Crippen molar-refractivity contribution in [1.82, 2.24) is 19.8 Å². The molecule has 0 N–H and O–H groups in total. The number of benzene rings is 1. The number of piperidine rings is 1. The first-order chi connectivity index (χ1) is 15.6. The van der Waals surface area contributed by atoms with Crippen LogP contribution in [-0.4, -0.2) is 44.8 Å². The molecule has 3 heterocycles. The zero-order valence-electron chi connectivity index (χ0n) is 19.1. The van der Waals surface area contributed by atoms with Crippen LogP contribution < -0.4 is 0 Å². The predicted molar refractivity (Wildman–Crippen MR) is 127 cm³/mol. The van der Waals surface area contributed by atoms with Gasteiger partial charge in [-0.25, -0.2) is 0 Å². The lowest BCUT2D eigenvalue weighted by Gasteiger charge is -2.38. The highest BCUT2D eigenvalue weighted by atomic mass is 16.2. The second-order valence-corrected chi connectivity index (χ2v) is 8.71. The van der Waals surface area contributed by atoms with Gasteiger partial charge in [0.2, 0.25) is 5.91 Å². The minimum absolute atomic E-state index is 0.224. The first-order valence-corrected chi connectivity index (χ1v) is 11.5. The molecule has 2 aromatic heterocycles. The van der Waals surface area contributed by atoms with Crippen molar-refractivity contribution in [1.29, 1.82) is 0 Å². The molecule has 5 nitrogen and oxygen atoms in total. The number of amides is 1. The Hall–Kier alpha value is -3.05. The third kappa shape index (κ3) is 5.60. The minimum atomic E-state index is 0.224. The second kappa shape index (κ2) is 10.5. The van der Waals surface area contributed by atoms with Gasteiger partial charge in [-0.2, -0.15) is 0 Å². The Morgan fingerprint density at radius 2 is 1.44 bits per heavy atom. The number of hydrogen-bond donors (Lipinski definition) is 0. The van der Waals surface area contributed by atoms with E-state index >= 15 is 0 Å². The van der Waals surface area contributed by atoms with E-state index in [2.05, 4.69) is 40.8 Å². The van der Waals surface area contributed by atoms with Gasteiger partial charge in [0.25, 0.3) is 0 Å². The number of carbonyl (C=O) groups is 1. The van der Waals surface area contributed by atoms with Crippen molar-refractivity contribution >= 4 is 5.91 Å². The molecule has 0 saturated carbocycles. The third-order valence-corrected chi connectivity index (χ3v) is 6.47. The summed E-state index contributed by atoms with van der Waals surface area (Å²) in [7, 11) is 0. The van der Waals surface area contributed by atoms with Crippen LogP contribution in [0.1, 0.15) is 40.9 Å². The molecule has 1 saturated heterocycles. The molecule has 3 aromatic rings. The summed E-state index contributed by atoms with van der Waals surface area (Å²) < 4.78 is 0. The molecule has 5 heteroatoms. The Kier molecular flexibility index (Phi) is 7.28. The molecule has 0 radical (unpaired) electrons. The fourth-order valence-electron chi connectivity index (χ4n) is 4.43. The summed E-state index contributed by atoms with van der Waals surface area (Å²) in [6.45, 7) is 7.44. The van der Waals surface area contributed by atoms with Gasteiger partial charge in [-0.1, -0.05) is 42.5 Å². The minimum Gasteiger partial charge on any atom is -0.342 e. The van der Waals surface area contributed by atoms with E-state index in [1.54, 1.807) is 0 Å². The molecule has 0 aliphatic carbocycles. The normalized spacial score (nSPS) is 14.7. The number of rotatable bonds is 7. The number of likely N-dealkylation sites (tertiary alicyclic amines) is 1. The van der Waals surface area contributed by atoms with Crippen molar-refractivity contribution in [2.24, 2.45) is 0 Å². The van der Waals surface area contributed by atoms with Crippen molar-refractivity contribution < 1.29 is 4.79 Å². The average Bonchev–Trinajstić information content (AvgIpc) is 2.82. The SMILES string of the molecule is Cc1cccnc1CN(Cc1ncccc1C)C1CCN(C(=O)Cc2ccccc2)CC1. The number of hydrogen-bond acceptors (Lipinski definition) is 4. The van der Waals surface area contributed by atoms with Gasteiger partial charge in [0.15, 0.2) is 0 Å². The van der Waals surface area contributed by atoms with Crippen LogP contribution in [0.4, 0.5) is 0 Å². The van der Waals surface area contributed by atoms with E-state index in [-0.39, 0.29) is 5.91 Å². The molecule has 1 amide bonds. The molecule has 4 rings (SSSR count). The fraction of sp³-hybridized carbons (Fsp3) is 0.370. The Morgan fingerprint density at radius 3 is 1.97 bits per heavy atom. The van der Waals surface area contributed by atoms with E-state index < -0.39 is 0 Å². The van der Waals surface area contributed by atoms with Crippen LogP contribution in [0.25, 0.3) is 0 Å². The van der Waals surface area contributed by atoms with Gasteiger partial charge in [0.05, 0.1) is 17.8 Å². The number of aryl methyl sites for hydroxylation is 2. The summed E-state index contributed by atoms with van der Waals surface area (Å²) in [6, 6.07) is 18.6. The van der Waals surface area contributed by atoms with Gasteiger partial charge in [0, 0.05) is 44.6 Å². The second-order valence-electron chi connectivity index (χ2n) is 8.71. The number of carbonyl (C=O) groups excluding carboxylic acids is 1. The molecule has 1 aliphatic heterocycles. The van der Waals surface area contributed by atoms with E-state index in [0.717, 1.165) is 56.0 Å². The maximum absolute atomic E-state index is 12.8. The van der Waals surface area contributed by atoms with Gasteiger partial charge in [-0.05, 0) is 55.5 Å². The summed E-state index contributed by atoms with van der Waals surface area (Å²) in [5, 5.41) is 0. The summed E-state index contributed by atoms with van der Waals surface area (Å²) in [4.78, 5) is 26.6. The standard InChI is InChI=1S/C27H32N4O/c1-21-8-6-14-28-25(21)19-31(20-26-22(2)9-7-15-29-26)24-12-16-30(17-13-24)27(32)18-23-10-4-3-5-11-23/h3-11,14-15,24H,12-13,16-20H2,1-2H3. The van der Waals surface area contributed by atoms with Crippen molar-refractivity contribution in [3.8, 4) is 0 Å². The lowest BCUT2D eigenvalue weighted by atomic mass is 10.0. The fourth-order valence-corrected chi connectivity index (χ4v) is 4.43.